The molecule has 0 saturated heterocycles. The minimum atomic E-state index is -0.826. The van der Waals surface area contributed by atoms with Crippen LogP contribution >= 0.6 is 17.0 Å². The fraction of sp³-hybridized carbons (Fsp3) is 0.276. The molecular formula is C58H61Cl2SiZr-3. The second-order valence-corrected chi connectivity index (χ2v) is 21.8. The Balaban J connectivity index is 0.000000155. The maximum Gasteiger partial charge on any atom is 0.0920 e. The average Bonchev–Trinajstić information content (AvgIpc) is 4.03. The van der Waals surface area contributed by atoms with Gasteiger partial charge in [-0.05, 0) is 59.8 Å². The molecule has 318 valence electrons. The first-order chi connectivity index (χ1) is 30.2. The Labute approximate surface area is 394 Å². The van der Waals surface area contributed by atoms with Gasteiger partial charge in [0, 0.05) is 0 Å². The first kappa shape index (κ1) is 47.7. The van der Waals surface area contributed by atoms with Crippen LogP contribution < -0.4 is 10.4 Å². The van der Waals surface area contributed by atoms with E-state index in [0.29, 0.717) is 11.8 Å². The van der Waals surface area contributed by atoms with E-state index >= 15 is 0 Å². The van der Waals surface area contributed by atoms with Crippen LogP contribution in [0.2, 0.25) is 0 Å². The number of hydrogen-bond donors (Lipinski definition) is 0. The van der Waals surface area contributed by atoms with Gasteiger partial charge in [-0.25, -0.2) is 0 Å². The molecule has 8 aromatic carbocycles. The van der Waals surface area contributed by atoms with Gasteiger partial charge in [0.1, 0.15) is 0 Å². The van der Waals surface area contributed by atoms with Gasteiger partial charge >= 0.3 is 37.9 Å². The molecule has 2 radical (unpaired) electrons. The molecule has 0 unspecified atom stereocenters. The molecular weight excluding hydrogens is 887 g/mol. The van der Waals surface area contributed by atoms with E-state index in [1.165, 1.54) is 112 Å². The van der Waals surface area contributed by atoms with Gasteiger partial charge in [-0.2, -0.15) is 41.6 Å². The maximum absolute atomic E-state index is 4.93. The molecule has 0 spiro atoms. The zero-order valence-electron chi connectivity index (χ0n) is 37.9. The van der Waals surface area contributed by atoms with Gasteiger partial charge < -0.3 is 0 Å². The molecule has 0 amide bonds. The standard InChI is InChI=1S/2C23H27.C12H7Si.2ClH.Zr/c2*1-5-9-18-12-13-19-14-20(16(3)4)15-22(19)23(18)21-11-8-7-10-17(21)6-2;1-3-7-11-9(5-1)10-6-2-4-8-12(10)13-11;;;/h2*7-8,10-16H,5-6,9H2,1-4H3;1-7H;2*1H;/q3*-1;;;+2/p-2. The van der Waals surface area contributed by atoms with Gasteiger partial charge in [-0.3, -0.25) is 0 Å². The van der Waals surface area contributed by atoms with Crippen molar-refractivity contribution in [3.63, 3.8) is 0 Å². The predicted molar refractivity (Wildman–Crippen MR) is 272 cm³/mol. The normalized spacial score (nSPS) is 11.4. The molecule has 0 aliphatic carbocycles. The van der Waals surface area contributed by atoms with Crippen molar-refractivity contribution in [1.82, 2.24) is 0 Å². The van der Waals surface area contributed by atoms with Crippen LogP contribution in [-0.2, 0) is 46.5 Å². The van der Waals surface area contributed by atoms with E-state index in [-0.39, 0.29) is 0 Å². The van der Waals surface area contributed by atoms with Crippen molar-refractivity contribution in [3.05, 3.63) is 179 Å². The molecule has 1 heterocycles. The summed E-state index contributed by atoms with van der Waals surface area (Å²) in [4.78, 5) is 0. The predicted octanol–water partition coefficient (Wildman–Crippen LogP) is 16.2. The number of aryl methyl sites for hydroxylation is 4. The van der Waals surface area contributed by atoms with Gasteiger partial charge in [-0.1, -0.05) is 174 Å². The van der Waals surface area contributed by atoms with E-state index < -0.39 is 20.8 Å². The molecule has 4 heteroatoms. The van der Waals surface area contributed by atoms with Gasteiger partial charge in [0.15, 0.2) is 0 Å². The smallest absolute Gasteiger partial charge is 0.0920 e. The van der Waals surface area contributed by atoms with Crippen LogP contribution in [0.4, 0.5) is 0 Å². The Morgan fingerprint density at radius 1 is 0.532 bits per heavy atom. The summed E-state index contributed by atoms with van der Waals surface area (Å²) in [6.07, 6.45) is 6.82. The fourth-order valence-corrected chi connectivity index (χ4v) is 10.1. The first-order valence-electron chi connectivity index (χ1n) is 22.6. The van der Waals surface area contributed by atoms with Crippen LogP contribution in [0.15, 0.2) is 140 Å². The Morgan fingerprint density at radius 3 is 1.42 bits per heavy atom. The third-order valence-corrected chi connectivity index (χ3v) is 13.4. The number of benzene rings is 6. The van der Waals surface area contributed by atoms with Crippen LogP contribution in [0.25, 0.3) is 54.9 Å². The van der Waals surface area contributed by atoms with Crippen molar-refractivity contribution < 1.29 is 20.8 Å². The van der Waals surface area contributed by atoms with Crippen molar-refractivity contribution in [1.29, 1.82) is 0 Å². The molecule has 1 aliphatic heterocycles. The zero-order chi connectivity index (χ0) is 44.2. The van der Waals surface area contributed by atoms with Crippen LogP contribution in [0, 0.1) is 6.07 Å². The minimum Gasteiger partial charge on any atom is -0.184 e. The summed E-state index contributed by atoms with van der Waals surface area (Å²) in [7, 11) is 10.7. The first-order valence-corrected chi connectivity index (χ1v) is 29.9. The van der Waals surface area contributed by atoms with Crippen molar-refractivity contribution >= 4 is 58.5 Å². The van der Waals surface area contributed by atoms with Gasteiger partial charge in [0.25, 0.3) is 0 Å². The Hall–Kier alpha value is -3.78. The van der Waals surface area contributed by atoms with E-state index in [9.17, 15) is 0 Å². The third-order valence-electron chi connectivity index (χ3n) is 12.0. The molecule has 0 fully saturated rings. The number of hydrogen-bond acceptors (Lipinski definition) is 0. The SMILES string of the molecule is CCCc1ccc2[cH-]c(C(C)C)cc2c1-c1ccccc1CC.CCCc1ccc2[cH-]c(C(C)C)cc2c1-c1ccccc1CC.[Cl][Zr][Cl].[c-]1cccc2c1[Si]c1ccccc1-2. The third kappa shape index (κ3) is 11.1. The van der Waals surface area contributed by atoms with E-state index in [2.05, 4.69) is 195 Å². The quantitative estimate of drug-likeness (QED) is 0.0947. The Kier molecular flexibility index (Phi) is 17.9. The molecule has 1 aliphatic rings. The summed E-state index contributed by atoms with van der Waals surface area (Å²) in [5.74, 6) is 1.15. The Morgan fingerprint density at radius 2 is 0.968 bits per heavy atom. The largest absolute Gasteiger partial charge is 0.184 e. The molecule has 8 aromatic rings. The molecule has 0 atom stereocenters. The molecule has 0 saturated carbocycles. The molecule has 9 rings (SSSR count). The van der Waals surface area contributed by atoms with E-state index in [4.69, 9.17) is 17.0 Å². The van der Waals surface area contributed by atoms with Gasteiger partial charge in [0.05, 0.1) is 9.52 Å². The van der Waals surface area contributed by atoms with Crippen LogP contribution in [0.3, 0.4) is 0 Å². The van der Waals surface area contributed by atoms with Crippen molar-refractivity contribution in [2.75, 3.05) is 0 Å². The molecule has 0 aromatic heterocycles. The van der Waals surface area contributed by atoms with Gasteiger partial charge in [0.2, 0.25) is 0 Å². The fourth-order valence-electron chi connectivity index (χ4n) is 8.83. The van der Waals surface area contributed by atoms with E-state index in [1.807, 2.05) is 6.07 Å². The zero-order valence-corrected chi connectivity index (χ0v) is 42.9. The summed E-state index contributed by atoms with van der Waals surface area (Å²) >= 11 is -0.826. The number of fused-ring (bicyclic) bond motifs is 5. The maximum atomic E-state index is 4.93. The van der Waals surface area contributed by atoms with Crippen LogP contribution in [0.5, 0.6) is 0 Å². The van der Waals surface area contributed by atoms with Crippen LogP contribution in [-0.4, -0.2) is 9.52 Å². The van der Waals surface area contributed by atoms with Crippen molar-refractivity contribution in [2.45, 2.75) is 106 Å². The molecule has 0 nitrogen and oxygen atoms in total. The number of rotatable bonds is 10. The van der Waals surface area contributed by atoms with Crippen LogP contribution in [0.1, 0.15) is 113 Å². The summed E-state index contributed by atoms with van der Waals surface area (Å²) < 4.78 is 0. The van der Waals surface area contributed by atoms with E-state index in [0.717, 1.165) is 35.2 Å². The minimum absolute atomic E-state index is 0.575. The van der Waals surface area contributed by atoms with Gasteiger partial charge in [-0.15, -0.1) is 74.6 Å². The molecule has 62 heavy (non-hydrogen) atoms. The monoisotopic (exact) mass is 945 g/mol. The summed E-state index contributed by atoms with van der Waals surface area (Å²) in [5.41, 5.74) is 17.3. The topological polar surface area (TPSA) is 0 Å². The summed E-state index contributed by atoms with van der Waals surface area (Å²) in [5, 5.41) is 8.45. The second-order valence-electron chi connectivity index (χ2n) is 16.8. The average molecular weight is 948 g/mol. The van der Waals surface area contributed by atoms with Crippen molar-refractivity contribution in [3.8, 4) is 33.4 Å². The Bertz CT molecular complexity index is 2490. The molecule has 0 bridgehead atoms. The molecule has 0 N–H and O–H groups in total. The number of halogens is 2. The second kappa shape index (κ2) is 23.2. The summed E-state index contributed by atoms with van der Waals surface area (Å²) in [6, 6.07) is 54.9. The van der Waals surface area contributed by atoms with E-state index in [1.54, 1.807) is 0 Å². The van der Waals surface area contributed by atoms with Crippen molar-refractivity contribution in [2.24, 2.45) is 0 Å². The summed E-state index contributed by atoms with van der Waals surface area (Å²) in [6.45, 7) is 18.2.